The quantitative estimate of drug-likeness (QED) is 0.851. The van der Waals surface area contributed by atoms with Gasteiger partial charge in [-0.2, -0.15) is 0 Å². The fourth-order valence-electron chi connectivity index (χ4n) is 3.18. The van der Waals surface area contributed by atoms with E-state index >= 15 is 0 Å². The Labute approximate surface area is 126 Å². The van der Waals surface area contributed by atoms with Gasteiger partial charge in [-0.3, -0.25) is 4.79 Å². The molecule has 3 heteroatoms. The van der Waals surface area contributed by atoms with Crippen molar-refractivity contribution in [2.24, 2.45) is 0 Å². The van der Waals surface area contributed by atoms with Gasteiger partial charge in [-0.25, -0.2) is 0 Å². The van der Waals surface area contributed by atoms with E-state index in [4.69, 9.17) is 0 Å². The zero-order valence-electron chi connectivity index (χ0n) is 12.8. The number of benzene rings is 1. The summed E-state index contributed by atoms with van der Waals surface area (Å²) in [5, 5.41) is 0. The van der Waals surface area contributed by atoms with E-state index in [0.717, 1.165) is 37.2 Å². The topological polar surface area (TPSA) is 25.2 Å². The molecular weight excluding hydrogens is 260 g/mol. The van der Waals surface area contributed by atoms with Gasteiger partial charge in [0.2, 0.25) is 0 Å². The zero-order valence-corrected chi connectivity index (χ0v) is 12.8. The lowest BCUT2D eigenvalue weighted by Crippen LogP contribution is -2.21. The number of carbonyl (C=O) groups excluding carboxylic acids is 1. The van der Waals surface area contributed by atoms with Gasteiger partial charge < -0.3 is 9.47 Å². The molecule has 2 aromatic rings. The average Bonchev–Trinajstić information content (AvgIpc) is 2.95. The summed E-state index contributed by atoms with van der Waals surface area (Å²) >= 11 is 0. The molecule has 0 aliphatic heterocycles. The second-order valence-electron chi connectivity index (χ2n) is 5.51. The summed E-state index contributed by atoms with van der Waals surface area (Å²) in [7, 11) is 0. The van der Waals surface area contributed by atoms with Crippen molar-refractivity contribution in [2.45, 2.75) is 33.1 Å². The summed E-state index contributed by atoms with van der Waals surface area (Å²) in [5.41, 5.74) is 4.47. The van der Waals surface area contributed by atoms with E-state index in [1.165, 1.54) is 11.4 Å². The van der Waals surface area contributed by atoms with Crippen molar-refractivity contribution in [1.29, 1.82) is 0 Å². The minimum Gasteiger partial charge on any atom is -0.372 e. The van der Waals surface area contributed by atoms with Crippen LogP contribution in [0.3, 0.4) is 0 Å². The van der Waals surface area contributed by atoms with Crippen LogP contribution in [0.2, 0.25) is 0 Å². The summed E-state index contributed by atoms with van der Waals surface area (Å²) in [4.78, 5) is 14.3. The van der Waals surface area contributed by atoms with Crippen LogP contribution >= 0.6 is 0 Å². The third kappa shape index (κ3) is 2.48. The number of hydrogen-bond donors (Lipinski definition) is 0. The zero-order chi connectivity index (χ0) is 14.8. The minimum absolute atomic E-state index is 0.287. The van der Waals surface area contributed by atoms with Crippen LogP contribution in [0.25, 0.3) is 5.69 Å². The maximum absolute atomic E-state index is 11.9. The molecule has 0 spiro atoms. The number of aromatic nitrogens is 1. The molecule has 1 aliphatic carbocycles. The molecule has 3 nitrogen and oxygen atoms in total. The van der Waals surface area contributed by atoms with Gasteiger partial charge in [-0.1, -0.05) is 0 Å². The SMILES string of the molecule is CCN(CC)c1ccc(-n2ccc3c2CCCC3=O)cc1. The number of carbonyl (C=O) groups is 1. The maximum atomic E-state index is 11.9. The first-order valence-electron chi connectivity index (χ1n) is 7.83. The third-order valence-corrected chi connectivity index (χ3v) is 4.37. The molecule has 0 unspecified atom stereocenters. The molecule has 0 saturated heterocycles. The van der Waals surface area contributed by atoms with E-state index in [0.29, 0.717) is 6.42 Å². The molecule has 0 fully saturated rings. The van der Waals surface area contributed by atoms with Gasteiger partial charge in [0.15, 0.2) is 5.78 Å². The number of fused-ring (bicyclic) bond motifs is 1. The van der Waals surface area contributed by atoms with Crippen molar-refractivity contribution < 1.29 is 4.79 Å². The van der Waals surface area contributed by atoms with E-state index in [-0.39, 0.29) is 5.78 Å². The van der Waals surface area contributed by atoms with Crippen molar-refractivity contribution in [2.75, 3.05) is 18.0 Å². The highest BCUT2D eigenvalue weighted by Crippen LogP contribution is 2.26. The number of nitrogens with zero attached hydrogens (tertiary/aromatic N) is 2. The van der Waals surface area contributed by atoms with Gasteiger partial charge in [0, 0.05) is 48.3 Å². The van der Waals surface area contributed by atoms with Crippen molar-refractivity contribution in [3.8, 4) is 5.69 Å². The molecule has 0 amide bonds. The number of Topliss-reactive ketones (excluding diaryl/α,β-unsaturated/α-hetero) is 1. The van der Waals surface area contributed by atoms with E-state index < -0.39 is 0 Å². The van der Waals surface area contributed by atoms with Crippen molar-refractivity contribution >= 4 is 11.5 Å². The summed E-state index contributed by atoms with van der Waals surface area (Å²) in [5.74, 6) is 0.287. The Bertz CT molecular complexity index is 636. The normalized spacial score (nSPS) is 14.1. The van der Waals surface area contributed by atoms with Crippen LogP contribution in [0.5, 0.6) is 0 Å². The Balaban J connectivity index is 1.93. The first-order chi connectivity index (χ1) is 10.2. The van der Waals surface area contributed by atoms with Crippen LogP contribution in [0.15, 0.2) is 36.5 Å². The molecule has 3 rings (SSSR count). The predicted octanol–water partition coefficient (Wildman–Crippen LogP) is 3.84. The van der Waals surface area contributed by atoms with Gasteiger partial charge in [-0.05, 0) is 57.0 Å². The highest BCUT2D eigenvalue weighted by molar-refractivity contribution is 5.98. The largest absolute Gasteiger partial charge is 0.372 e. The van der Waals surface area contributed by atoms with Gasteiger partial charge >= 0.3 is 0 Å². The minimum atomic E-state index is 0.287. The average molecular weight is 282 g/mol. The van der Waals surface area contributed by atoms with Crippen LogP contribution in [-0.4, -0.2) is 23.4 Å². The van der Waals surface area contributed by atoms with E-state index in [1.54, 1.807) is 0 Å². The number of ketones is 1. The smallest absolute Gasteiger partial charge is 0.164 e. The van der Waals surface area contributed by atoms with Crippen molar-refractivity contribution in [3.63, 3.8) is 0 Å². The molecule has 110 valence electrons. The summed E-state index contributed by atoms with van der Waals surface area (Å²) in [6.07, 6.45) is 4.68. The summed E-state index contributed by atoms with van der Waals surface area (Å²) in [6.45, 7) is 6.38. The molecule has 0 atom stereocenters. The van der Waals surface area contributed by atoms with Gasteiger partial charge in [-0.15, -0.1) is 0 Å². The fraction of sp³-hybridized carbons (Fsp3) is 0.389. The maximum Gasteiger partial charge on any atom is 0.164 e. The van der Waals surface area contributed by atoms with Crippen molar-refractivity contribution in [1.82, 2.24) is 4.57 Å². The van der Waals surface area contributed by atoms with Crippen LogP contribution in [0.1, 0.15) is 42.7 Å². The second-order valence-corrected chi connectivity index (χ2v) is 5.51. The molecule has 1 heterocycles. The lowest BCUT2D eigenvalue weighted by atomic mass is 9.97. The number of anilines is 1. The van der Waals surface area contributed by atoms with Crippen LogP contribution in [0.4, 0.5) is 5.69 Å². The fourth-order valence-corrected chi connectivity index (χ4v) is 3.18. The summed E-state index contributed by atoms with van der Waals surface area (Å²) in [6, 6.07) is 10.6. The second kappa shape index (κ2) is 5.76. The highest BCUT2D eigenvalue weighted by atomic mass is 16.1. The number of rotatable bonds is 4. The van der Waals surface area contributed by atoms with E-state index in [9.17, 15) is 4.79 Å². The lowest BCUT2D eigenvalue weighted by molar-refractivity contribution is 0.0972. The Kier molecular flexibility index (Phi) is 3.82. The van der Waals surface area contributed by atoms with Crippen LogP contribution in [0, 0.1) is 0 Å². The van der Waals surface area contributed by atoms with Gasteiger partial charge in [0.25, 0.3) is 0 Å². The molecule has 0 N–H and O–H groups in total. The standard InChI is InChI=1S/C18H22N2O/c1-3-19(4-2)14-8-10-15(11-9-14)20-13-12-16-17(20)6-5-7-18(16)21/h8-13H,3-7H2,1-2H3. The summed E-state index contributed by atoms with van der Waals surface area (Å²) < 4.78 is 2.17. The van der Waals surface area contributed by atoms with Crippen LogP contribution < -0.4 is 4.90 Å². The third-order valence-electron chi connectivity index (χ3n) is 4.37. The molecular formula is C18H22N2O. The Hall–Kier alpha value is -2.03. The monoisotopic (exact) mass is 282 g/mol. The molecule has 0 bridgehead atoms. The first kappa shape index (κ1) is 13.9. The Morgan fingerprint density at radius 1 is 1.05 bits per heavy atom. The first-order valence-corrected chi connectivity index (χ1v) is 7.83. The molecule has 0 saturated carbocycles. The van der Waals surface area contributed by atoms with Crippen LogP contribution in [-0.2, 0) is 6.42 Å². The van der Waals surface area contributed by atoms with Gasteiger partial charge in [0.1, 0.15) is 0 Å². The lowest BCUT2D eigenvalue weighted by Gasteiger charge is -2.21. The molecule has 21 heavy (non-hydrogen) atoms. The number of hydrogen-bond acceptors (Lipinski definition) is 2. The highest BCUT2D eigenvalue weighted by Gasteiger charge is 2.20. The molecule has 1 aliphatic rings. The molecule has 1 aromatic heterocycles. The van der Waals surface area contributed by atoms with E-state index in [2.05, 4.69) is 47.6 Å². The molecule has 0 radical (unpaired) electrons. The predicted molar refractivity (Wildman–Crippen MR) is 86.6 cm³/mol. The molecule has 1 aromatic carbocycles. The Morgan fingerprint density at radius 2 is 1.76 bits per heavy atom. The van der Waals surface area contributed by atoms with Crippen molar-refractivity contribution in [3.05, 3.63) is 47.8 Å². The van der Waals surface area contributed by atoms with Gasteiger partial charge in [0.05, 0.1) is 0 Å². The van der Waals surface area contributed by atoms with E-state index in [1.807, 2.05) is 12.3 Å². The Morgan fingerprint density at radius 3 is 2.43 bits per heavy atom.